The van der Waals surface area contributed by atoms with Gasteiger partial charge >= 0.3 is 5.97 Å². The molecule has 0 saturated heterocycles. The zero-order valence-corrected chi connectivity index (χ0v) is 32.7. The SMILES string of the molecule is CCCCC/C=C\C/C=C\C/C=C\C/C=C\CCCC(=O)OCCCCCCCCCCCCCCCCCCCCCCCCCC. The largest absolute Gasteiger partial charge is 0.466 e. The molecule has 0 radical (unpaired) electrons. The van der Waals surface area contributed by atoms with Gasteiger partial charge in [-0.25, -0.2) is 0 Å². The first-order valence-electron chi connectivity index (χ1n) is 21.6. The highest BCUT2D eigenvalue weighted by Crippen LogP contribution is 2.16. The van der Waals surface area contributed by atoms with Crippen molar-refractivity contribution >= 4 is 5.97 Å². The number of allylic oxidation sites excluding steroid dienone is 8. The summed E-state index contributed by atoms with van der Waals surface area (Å²) in [5, 5.41) is 0. The van der Waals surface area contributed by atoms with Gasteiger partial charge in [0.25, 0.3) is 0 Å². The first-order valence-corrected chi connectivity index (χ1v) is 21.6. The highest BCUT2D eigenvalue weighted by atomic mass is 16.5. The molecule has 0 aromatic rings. The van der Waals surface area contributed by atoms with Crippen molar-refractivity contribution in [2.24, 2.45) is 0 Å². The van der Waals surface area contributed by atoms with Crippen LogP contribution in [0.4, 0.5) is 0 Å². The van der Waals surface area contributed by atoms with E-state index >= 15 is 0 Å². The molecule has 0 spiro atoms. The average Bonchev–Trinajstić information content (AvgIpc) is 3.09. The van der Waals surface area contributed by atoms with Gasteiger partial charge in [-0.3, -0.25) is 4.79 Å². The van der Waals surface area contributed by atoms with E-state index < -0.39 is 0 Å². The van der Waals surface area contributed by atoms with Crippen LogP contribution in [0.1, 0.15) is 232 Å². The fourth-order valence-corrected chi connectivity index (χ4v) is 6.25. The Morgan fingerprint density at radius 2 is 0.646 bits per heavy atom. The molecule has 0 aromatic carbocycles. The van der Waals surface area contributed by atoms with Crippen LogP contribution in [-0.4, -0.2) is 12.6 Å². The van der Waals surface area contributed by atoms with Crippen molar-refractivity contribution in [3.05, 3.63) is 48.6 Å². The molecule has 0 bridgehead atoms. The second-order valence-corrected chi connectivity index (χ2v) is 14.3. The fraction of sp³-hybridized carbons (Fsp3) is 0.804. The Morgan fingerprint density at radius 1 is 0.354 bits per heavy atom. The molecule has 0 amide bonds. The standard InChI is InChI=1S/C46H84O2/c1-3-5-7-9-11-13-15-17-19-21-22-23-24-25-26-27-29-31-33-35-37-39-41-43-45-48-46(47)44-42-40-38-36-34-32-30-28-20-18-16-14-12-10-8-6-4-2/h12,14,18,20,30,32,36,38H,3-11,13,15-17,19,21-29,31,33-35,37,39-45H2,1-2H3/b14-12-,20-18-,32-30-,38-36-. The molecule has 48 heavy (non-hydrogen) atoms. The summed E-state index contributed by atoms with van der Waals surface area (Å²) in [5.41, 5.74) is 0. The molecule has 0 N–H and O–H groups in total. The minimum Gasteiger partial charge on any atom is -0.466 e. The van der Waals surface area contributed by atoms with Gasteiger partial charge in [0, 0.05) is 6.42 Å². The van der Waals surface area contributed by atoms with Crippen LogP contribution in [-0.2, 0) is 9.53 Å². The molecule has 0 unspecified atom stereocenters. The van der Waals surface area contributed by atoms with Crippen molar-refractivity contribution in [3.8, 4) is 0 Å². The van der Waals surface area contributed by atoms with Crippen LogP contribution in [0.25, 0.3) is 0 Å². The van der Waals surface area contributed by atoms with Crippen LogP contribution in [0.15, 0.2) is 48.6 Å². The second kappa shape index (κ2) is 43.5. The molecule has 0 atom stereocenters. The Balaban J connectivity index is 3.27. The van der Waals surface area contributed by atoms with Crippen molar-refractivity contribution in [2.75, 3.05) is 6.61 Å². The molecule has 0 aliphatic carbocycles. The third-order valence-corrected chi connectivity index (χ3v) is 9.47. The number of hydrogen-bond acceptors (Lipinski definition) is 2. The third kappa shape index (κ3) is 42.5. The van der Waals surface area contributed by atoms with Crippen molar-refractivity contribution < 1.29 is 9.53 Å². The first kappa shape index (κ1) is 46.4. The van der Waals surface area contributed by atoms with E-state index in [1.807, 2.05) is 0 Å². The topological polar surface area (TPSA) is 26.3 Å². The van der Waals surface area contributed by atoms with Crippen molar-refractivity contribution in [2.45, 2.75) is 232 Å². The maximum absolute atomic E-state index is 12.0. The van der Waals surface area contributed by atoms with Gasteiger partial charge < -0.3 is 4.74 Å². The monoisotopic (exact) mass is 669 g/mol. The summed E-state index contributed by atoms with van der Waals surface area (Å²) in [6.07, 6.45) is 62.1. The van der Waals surface area contributed by atoms with Gasteiger partial charge in [0.15, 0.2) is 0 Å². The molecular formula is C46H84O2. The van der Waals surface area contributed by atoms with Gasteiger partial charge in [-0.15, -0.1) is 0 Å². The lowest BCUT2D eigenvalue weighted by Gasteiger charge is -2.05. The van der Waals surface area contributed by atoms with Gasteiger partial charge in [-0.05, 0) is 51.4 Å². The summed E-state index contributed by atoms with van der Waals surface area (Å²) in [5.74, 6) is -0.0278. The minimum atomic E-state index is -0.0278. The number of hydrogen-bond donors (Lipinski definition) is 0. The Bertz CT molecular complexity index is 730. The lowest BCUT2D eigenvalue weighted by atomic mass is 10.0. The molecule has 0 aliphatic rings. The quantitative estimate of drug-likeness (QED) is 0.0370. The summed E-state index contributed by atoms with van der Waals surface area (Å²) in [6.45, 7) is 5.15. The number of rotatable bonds is 39. The van der Waals surface area contributed by atoms with E-state index in [1.165, 1.54) is 173 Å². The van der Waals surface area contributed by atoms with Gasteiger partial charge in [0.2, 0.25) is 0 Å². The zero-order valence-electron chi connectivity index (χ0n) is 32.7. The van der Waals surface area contributed by atoms with Gasteiger partial charge in [0.1, 0.15) is 0 Å². The average molecular weight is 669 g/mol. The molecule has 2 heteroatoms. The van der Waals surface area contributed by atoms with E-state index in [0.717, 1.165) is 38.5 Å². The molecule has 0 aliphatic heterocycles. The van der Waals surface area contributed by atoms with E-state index in [-0.39, 0.29) is 5.97 Å². The highest BCUT2D eigenvalue weighted by Gasteiger charge is 2.01. The number of carbonyl (C=O) groups is 1. The van der Waals surface area contributed by atoms with Crippen LogP contribution in [0, 0.1) is 0 Å². The Morgan fingerprint density at radius 3 is 1.02 bits per heavy atom. The van der Waals surface area contributed by atoms with Gasteiger partial charge in [0.05, 0.1) is 6.61 Å². The summed E-state index contributed by atoms with van der Waals surface area (Å²) in [6, 6.07) is 0. The number of esters is 1. The van der Waals surface area contributed by atoms with Crippen LogP contribution in [0.3, 0.4) is 0 Å². The summed E-state index contributed by atoms with van der Waals surface area (Å²) in [7, 11) is 0. The fourth-order valence-electron chi connectivity index (χ4n) is 6.25. The second-order valence-electron chi connectivity index (χ2n) is 14.3. The molecule has 0 heterocycles. The maximum Gasteiger partial charge on any atom is 0.305 e. The number of ether oxygens (including phenoxy) is 1. The Labute approximate surface area is 302 Å². The zero-order chi connectivity index (χ0) is 34.7. The van der Waals surface area contributed by atoms with E-state index in [2.05, 4.69) is 62.5 Å². The van der Waals surface area contributed by atoms with Crippen LogP contribution >= 0.6 is 0 Å². The van der Waals surface area contributed by atoms with E-state index in [4.69, 9.17) is 4.74 Å². The first-order chi connectivity index (χ1) is 23.8. The van der Waals surface area contributed by atoms with E-state index in [0.29, 0.717) is 13.0 Å². The number of unbranched alkanes of at least 4 members (excludes halogenated alkanes) is 27. The van der Waals surface area contributed by atoms with E-state index in [1.54, 1.807) is 0 Å². The van der Waals surface area contributed by atoms with Gasteiger partial charge in [-0.1, -0.05) is 223 Å². The van der Waals surface area contributed by atoms with Crippen molar-refractivity contribution in [1.29, 1.82) is 0 Å². The summed E-state index contributed by atoms with van der Waals surface area (Å²) < 4.78 is 5.44. The smallest absolute Gasteiger partial charge is 0.305 e. The highest BCUT2D eigenvalue weighted by molar-refractivity contribution is 5.69. The van der Waals surface area contributed by atoms with Crippen LogP contribution in [0.5, 0.6) is 0 Å². The Hall–Kier alpha value is -1.57. The minimum absolute atomic E-state index is 0.0278. The van der Waals surface area contributed by atoms with Crippen molar-refractivity contribution in [1.82, 2.24) is 0 Å². The van der Waals surface area contributed by atoms with Gasteiger partial charge in [-0.2, -0.15) is 0 Å². The van der Waals surface area contributed by atoms with Crippen LogP contribution < -0.4 is 0 Å². The number of carbonyl (C=O) groups excluding carboxylic acids is 1. The molecular weight excluding hydrogens is 585 g/mol. The predicted octanol–water partition coefficient (Wildman–Crippen LogP) is 16.1. The van der Waals surface area contributed by atoms with Crippen LogP contribution in [0.2, 0.25) is 0 Å². The summed E-state index contributed by atoms with van der Waals surface area (Å²) in [4.78, 5) is 12.0. The lowest BCUT2D eigenvalue weighted by Crippen LogP contribution is -2.05. The van der Waals surface area contributed by atoms with Crippen molar-refractivity contribution in [3.63, 3.8) is 0 Å². The molecule has 0 saturated carbocycles. The predicted molar refractivity (Wildman–Crippen MR) is 216 cm³/mol. The summed E-state index contributed by atoms with van der Waals surface area (Å²) >= 11 is 0. The maximum atomic E-state index is 12.0. The molecule has 0 fully saturated rings. The molecule has 2 nitrogen and oxygen atoms in total. The third-order valence-electron chi connectivity index (χ3n) is 9.47. The molecule has 0 aromatic heterocycles. The molecule has 0 rings (SSSR count). The normalized spacial score (nSPS) is 12.1. The lowest BCUT2D eigenvalue weighted by molar-refractivity contribution is -0.143. The Kier molecular flexibility index (Phi) is 42.0. The molecule has 280 valence electrons. The van der Waals surface area contributed by atoms with E-state index in [9.17, 15) is 4.79 Å².